The predicted molar refractivity (Wildman–Crippen MR) is 288 cm³/mol. The van der Waals surface area contributed by atoms with Crippen molar-refractivity contribution in [2.24, 2.45) is 17.6 Å². The SMILES string of the molecule is C=CC[C@H](NC(=O)[C@H](CC(=O)O)NC(=O)[C@H](CCCCCCCC)NC(=O)[C@H](CC(=O)O)NC(=O)[C@H](CC(C)C)N1OC[C@H](NC(=O)[C@H](CC(C)C)NC(=O)[C@H](CO)NC(=O)C(CCCCCCCC)NC(C)=O)C1=O)C(N)=O. The fraction of sp³-hybridized carbons (Fsp3) is 0.736. The average molecular weight is 1120 g/mol. The van der Waals surface area contributed by atoms with Crippen molar-refractivity contribution in [2.45, 2.75) is 225 Å². The van der Waals surface area contributed by atoms with E-state index in [9.17, 15) is 72.9 Å². The summed E-state index contributed by atoms with van der Waals surface area (Å²) in [5.74, 6) is -12.8. The van der Waals surface area contributed by atoms with Gasteiger partial charge in [0.25, 0.3) is 5.91 Å². The van der Waals surface area contributed by atoms with Crippen LogP contribution in [0.15, 0.2) is 12.7 Å². The monoisotopic (exact) mass is 1120 g/mol. The van der Waals surface area contributed by atoms with Gasteiger partial charge in [-0.2, -0.15) is 0 Å². The number of nitrogens with one attached hydrogen (secondary N) is 8. The van der Waals surface area contributed by atoms with E-state index in [4.69, 9.17) is 10.6 Å². The van der Waals surface area contributed by atoms with Gasteiger partial charge in [-0.05, 0) is 43.9 Å². The summed E-state index contributed by atoms with van der Waals surface area (Å²) in [6, 6.07) is -13.2. The molecule has 9 atom stereocenters. The highest BCUT2D eigenvalue weighted by Gasteiger charge is 2.44. The van der Waals surface area contributed by atoms with Crippen LogP contribution in [0.4, 0.5) is 0 Å². The van der Waals surface area contributed by atoms with E-state index in [2.05, 4.69) is 56.0 Å². The van der Waals surface area contributed by atoms with Gasteiger partial charge in [0, 0.05) is 6.92 Å². The lowest BCUT2D eigenvalue weighted by Gasteiger charge is -2.29. The van der Waals surface area contributed by atoms with Gasteiger partial charge in [0.2, 0.25) is 53.2 Å². The first-order chi connectivity index (χ1) is 37.3. The Morgan fingerprint density at radius 3 is 1.43 bits per heavy atom. The molecule has 1 heterocycles. The fourth-order valence-electron chi connectivity index (χ4n) is 8.57. The first-order valence-electron chi connectivity index (χ1n) is 27.6. The van der Waals surface area contributed by atoms with Crippen LogP contribution in [0.1, 0.15) is 170 Å². The molecular formula is C53H90N10O16. The first-order valence-corrected chi connectivity index (χ1v) is 27.6. The molecule has 0 aliphatic carbocycles. The highest BCUT2D eigenvalue weighted by atomic mass is 16.7. The zero-order chi connectivity index (χ0) is 59.8. The Morgan fingerprint density at radius 1 is 0.582 bits per heavy atom. The van der Waals surface area contributed by atoms with Crippen molar-refractivity contribution < 1.29 is 77.7 Å². The lowest BCUT2D eigenvalue weighted by atomic mass is 10.0. The number of unbranched alkanes of at least 4 members (excludes halogenated alkanes) is 10. The number of aliphatic hydroxyl groups excluding tert-OH is 1. The van der Waals surface area contributed by atoms with Crippen molar-refractivity contribution in [2.75, 3.05) is 13.2 Å². The molecule has 1 fully saturated rings. The average Bonchev–Trinajstić information content (AvgIpc) is 3.74. The van der Waals surface area contributed by atoms with E-state index < -0.39 is 151 Å². The summed E-state index contributed by atoms with van der Waals surface area (Å²) in [7, 11) is 0. The van der Waals surface area contributed by atoms with Crippen molar-refractivity contribution in [1.82, 2.24) is 47.6 Å². The van der Waals surface area contributed by atoms with Crippen LogP contribution in [0.25, 0.3) is 0 Å². The van der Waals surface area contributed by atoms with Gasteiger partial charge in [0.05, 0.1) is 19.4 Å². The number of primary amides is 1. The van der Waals surface area contributed by atoms with E-state index in [1.807, 2.05) is 6.92 Å². The number of rotatable bonds is 42. The molecule has 26 heteroatoms. The second-order valence-corrected chi connectivity index (χ2v) is 20.8. The summed E-state index contributed by atoms with van der Waals surface area (Å²) in [6.07, 6.45) is 9.35. The highest BCUT2D eigenvalue weighted by Crippen LogP contribution is 2.20. The van der Waals surface area contributed by atoms with Crippen LogP contribution in [0.5, 0.6) is 0 Å². The number of hydrogen-bond acceptors (Lipinski definition) is 14. The lowest BCUT2D eigenvalue weighted by Crippen LogP contribution is -2.60. The number of carbonyl (C=O) groups is 12. The summed E-state index contributed by atoms with van der Waals surface area (Å²) in [6.45, 7) is 14.4. The van der Waals surface area contributed by atoms with Gasteiger partial charge < -0.3 is 63.6 Å². The minimum absolute atomic E-state index is 0.0281. The molecule has 1 unspecified atom stereocenters. The number of amides is 10. The Balaban J connectivity index is 3.38. The summed E-state index contributed by atoms with van der Waals surface area (Å²) in [5, 5.41) is 49.9. The number of nitrogens with zero attached hydrogens (tertiary/aromatic N) is 1. The molecule has 1 rings (SSSR count). The van der Waals surface area contributed by atoms with E-state index in [1.165, 1.54) is 13.0 Å². The largest absolute Gasteiger partial charge is 0.481 e. The number of hydrogen-bond donors (Lipinski definition) is 12. The number of aliphatic hydroxyl groups is 1. The van der Waals surface area contributed by atoms with Crippen molar-refractivity contribution in [3.05, 3.63) is 12.7 Å². The molecule has 0 aromatic rings. The predicted octanol–water partition coefficient (Wildman–Crippen LogP) is 0.624. The van der Waals surface area contributed by atoms with E-state index in [1.54, 1.807) is 27.7 Å². The third-order valence-corrected chi connectivity index (χ3v) is 12.8. The third kappa shape index (κ3) is 27.6. The van der Waals surface area contributed by atoms with Crippen molar-refractivity contribution >= 4 is 71.0 Å². The van der Waals surface area contributed by atoms with Crippen LogP contribution < -0.4 is 48.3 Å². The Labute approximate surface area is 463 Å². The molecule has 1 aliphatic heterocycles. The number of carboxylic acid groups (broad SMARTS) is 2. The van der Waals surface area contributed by atoms with Crippen LogP contribution in [-0.2, 0) is 62.4 Å². The van der Waals surface area contributed by atoms with Crippen molar-refractivity contribution in [1.29, 1.82) is 0 Å². The minimum Gasteiger partial charge on any atom is -0.481 e. The molecule has 0 spiro atoms. The molecule has 0 radical (unpaired) electrons. The maximum Gasteiger partial charge on any atom is 0.305 e. The zero-order valence-electron chi connectivity index (χ0n) is 47.2. The van der Waals surface area contributed by atoms with Gasteiger partial charge >= 0.3 is 11.9 Å². The van der Waals surface area contributed by atoms with Crippen LogP contribution in [-0.4, -0.2) is 159 Å². The third-order valence-electron chi connectivity index (χ3n) is 12.8. The smallest absolute Gasteiger partial charge is 0.305 e. The van der Waals surface area contributed by atoms with Crippen molar-refractivity contribution in [3.8, 4) is 0 Å². The lowest BCUT2D eigenvalue weighted by molar-refractivity contribution is -0.180. The normalized spacial score (nSPS) is 16.2. The van der Waals surface area contributed by atoms with Crippen LogP contribution in [0.3, 0.4) is 0 Å². The molecule has 0 saturated carbocycles. The summed E-state index contributed by atoms with van der Waals surface area (Å²) in [4.78, 5) is 164. The number of hydroxylamine groups is 2. The van der Waals surface area contributed by atoms with Gasteiger partial charge in [-0.3, -0.25) is 62.4 Å². The maximum atomic E-state index is 14.2. The number of nitrogens with two attached hydrogens (primary N) is 1. The van der Waals surface area contributed by atoms with Crippen LogP contribution in [0, 0.1) is 11.8 Å². The van der Waals surface area contributed by atoms with Gasteiger partial charge in [-0.1, -0.05) is 125 Å². The van der Waals surface area contributed by atoms with Crippen LogP contribution >= 0.6 is 0 Å². The molecule has 448 valence electrons. The van der Waals surface area contributed by atoms with E-state index in [-0.39, 0.29) is 43.9 Å². The van der Waals surface area contributed by atoms with E-state index in [0.29, 0.717) is 24.3 Å². The second-order valence-electron chi connectivity index (χ2n) is 20.8. The highest BCUT2D eigenvalue weighted by molar-refractivity contribution is 5.99. The van der Waals surface area contributed by atoms with E-state index >= 15 is 0 Å². The first kappa shape index (κ1) is 70.3. The molecule has 26 nitrogen and oxygen atoms in total. The number of carboxylic acids is 2. The molecule has 0 aromatic heterocycles. The zero-order valence-corrected chi connectivity index (χ0v) is 47.2. The summed E-state index contributed by atoms with van der Waals surface area (Å²) in [5.41, 5.74) is 5.37. The molecule has 0 aromatic carbocycles. The quantitative estimate of drug-likeness (QED) is 0.0295. The van der Waals surface area contributed by atoms with Gasteiger partial charge in [0.15, 0.2) is 0 Å². The second kappa shape index (κ2) is 38.0. The molecule has 13 N–H and O–H groups in total. The summed E-state index contributed by atoms with van der Waals surface area (Å²) < 4.78 is 0. The number of aliphatic carboxylic acids is 2. The Morgan fingerprint density at radius 2 is 0.987 bits per heavy atom. The van der Waals surface area contributed by atoms with E-state index in [0.717, 1.165) is 57.8 Å². The van der Waals surface area contributed by atoms with Gasteiger partial charge in [-0.15, -0.1) is 6.58 Å². The number of carbonyl (C=O) groups excluding carboxylic acids is 10. The Hall–Kier alpha value is -6.70. The molecule has 1 aliphatic rings. The molecule has 79 heavy (non-hydrogen) atoms. The topological polar surface area (TPSA) is 400 Å². The molecule has 1 saturated heterocycles. The summed E-state index contributed by atoms with van der Waals surface area (Å²) >= 11 is 0. The molecule has 10 amide bonds. The maximum absolute atomic E-state index is 14.2. The minimum atomic E-state index is -1.88. The Bertz CT molecular complexity index is 2060. The Kier molecular flexibility index (Phi) is 33.8. The molecular weight excluding hydrogens is 1030 g/mol. The van der Waals surface area contributed by atoms with Crippen molar-refractivity contribution in [3.63, 3.8) is 0 Å². The fourth-order valence-corrected chi connectivity index (χ4v) is 8.57. The van der Waals surface area contributed by atoms with Gasteiger partial charge in [-0.25, -0.2) is 5.06 Å². The standard InChI is InChI=1S/C53H90N10O16/c1-9-12-14-16-18-20-23-35(55-33(8)65)46(71)61-40(29-64)51(76)58-37(25-31(4)5)48(73)62-41-30-79-63(53(41)78)42(26-32(6)7)52(77)60-39(28-44(68)69)50(75)57-36(24-21-19-17-15-13-10-2)47(72)59-38(27-43(66)67)49(74)56-34(22-11-3)45(54)70/h11,31-32,34-42,64H,3,9-10,12-30H2,1-2,4-8H3,(H2,54,70)(H,55,65)(H,56,74)(H,57,75)(H,58,76)(H,59,72)(H,60,77)(H,61,71)(H,62,73)(H,66,67)(H,68,69)/t34-,35?,36-,37-,38-,39-,40-,41-,42-/m0/s1. The molecule has 0 bridgehead atoms. The van der Waals surface area contributed by atoms with Crippen LogP contribution in [0.2, 0.25) is 0 Å². The van der Waals surface area contributed by atoms with Gasteiger partial charge in [0.1, 0.15) is 61.0 Å².